The Morgan fingerprint density at radius 1 is 1.33 bits per heavy atom. The summed E-state index contributed by atoms with van der Waals surface area (Å²) < 4.78 is 5.65. The van der Waals surface area contributed by atoms with Gasteiger partial charge in [0.15, 0.2) is 0 Å². The number of hydrogen-bond acceptors (Lipinski definition) is 2. The predicted molar refractivity (Wildman–Crippen MR) is 68.4 cm³/mol. The third kappa shape index (κ3) is 1.61. The van der Waals surface area contributed by atoms with Crippen molar-refractivity contribution < 1.29 is 14.6 Å². The molecule has 1 aromatic carbocycles. The van der Waals surface area contributed by atoms with Gasteiger partial charge < -0.3 is 9.84 Å². The van der Waals surface area contributed by atoms with Gasteiger partial charge in [-0.05, 0) is 30.5 Å². The first kappa shape index (κ1) is 11.8. The molecule has 1 saturated carbocycles. The van der Waals surface area contributed by atoms with E-state index in [1.54, 1.807) is 6.07 Å². The van der Waals surface area contributed by atoms with Crippen molar-refractivity contribution >= 4 is 17.6 Å². The Labute approximate surface area is 111 Å². The van der Waals surface area contributed by atoms with Crippen molar-refractivity contribution in [2.75, 3.05) is 6.61 Å². The molecule has 0 spiro atoms. The van der Waals surface area contributed by atoms with Crippen molar-refractivity contribution in [3.8, 4) is 5.75 Å². The van der Waals surface area contributed by atoms with Crippen molar-refractivity contribution in [1.82, 2.24) is 0 Å². The Morgan fingerprint density at radius 3 is 2.72 bits per heavy atom. The Morgan fingerprint density at radius 2 is 2.06 bits per heavy atom. The summed E-state index contributed by atoms with van der Waals surface area (Å²) in [5.41, 5.74) is 1.04. The Kier molecular flexibility index (Phi) is 2.74. The maximum atomic E-state index is 11.7. The molecule has 2 aliphatic rings. The fourth-order valence-corrected chi connectivity index (χ4v) is 3.44. The lowest BCUT2D eigenvalue weighted by molar-refractivity contribution is -0.143. The zero-order chi connectivity index (χ0) is 12.8. The molecule has 0 amide bonds. The van der Waals surface area contributed by atoms with Gasteiger partial charge >= 0.3 is 5.97 Å². The number of carboxylic acid groups (broad SMARTS) is 1. The fraction of sp³-hybridized carbons (Fsp3) is 0.500. The molecule has 18 heavy (non-hydrogen) atoms. The van der Waals surface area contributed by atoms with Crippen LogP contribution in [0.15, 0.2) is 12.1 Å². The summed E-state index contributed by atoms with van der Waals surface area (Å²) in [4.78, 5) is 11.7. The second-order valence-corrected chi connectivity index (χ2v) is 5.57. The topological polar surface area (TPSA) is 46.5 Å². The number of halogens is 1. The van der Waals surface area contributed by atoms with Gasteiger partial charge in [-0.2, -0.15) is 0 Å². The van der Waals surface area contributed by atoms with Gasteiger partial charge in [0.1, 0.15) is 5.75 Å². The Balaban J connectivity index is 2.19. The summed E-state index contributed by atoms with van der Waals surface area (Å²) in [6.45, 7) is 0.623. The van der Waals surface area contributed by atoms with Gasteiger partial charge in [0.25, 0.3) is 0 Å². The van der Waals surface area contributed by atoms with E-state index in [0.29, 0.717) is 24.5 Å². The van der Waals surface area contributed by atoms with E-state index in [1.807, 2.05) is 6.07 Å². The molecule has 1 fully saturated rings. The molecular weight excluding hydrogens is 252 g/mol. The highest BCUT2D eigenvalue weighted by atomic mass is 35.5. The minimum absolute atomic E-state index is 0.613. The predicted octanol–water partition coefficient (Wildman–Crippen LogP) is 3.17. The molecule has 1 aliphatic carbocycles. The van der Waals surface area contributed by atoms with Crippen molar-refractivity contribution in [2.24, 2.45) is 0 Å². The van der Waals surface area contributed by atoms with Gasteiger partial charge in [-0.25, -0.2) is 0 Å². The summed E-state index contributed by atoms with van der Waals surface area (Å²) in [6.07, 6.45) is 4.08. The number of carbonyl (C=O) groups is 1. The van der Waals surface area contributed by atoms with Crippen LogP contribution in [0.5, 0.6) is 5.75 Å². The molecule has 3 nitrogen and oxygen atoms in total. The third-order valence-electron chi connectivity index (χ3n) is 4.13. The van der Waals surface area contributed by atoms with E-state index in [0.717, 1.165) is 36.1 Å². The number of ether oxygens (including phenoxy) is 1. The number of rotatable bonds is 2. The standard InChI is InChI=1S/C14H15ClO3/c15-10-7-9-3-6-18-12(9)11(8-10)14(13(16)17)4-1-2-5-14/h7-8H,1-6H2,(H,16,17). The van der Waals surface area contributed by atoms with Crippen LogP contribution < -0.4 is 4.74 Å². The first-order valence-electron chi connectivity index (χ1n) is 6.32. The molecule has 1 N–H and O–H groups in total. The lowest BCUT2D eigenvalue weighted by atomic mass is 9.78. The monoisotopic (exact) mass is 266 g/mol. The molecule has 0 unspecified atom stereocenters. The van der Waals surface area contributed by atoms with Gasteiger partial charge in [0, 0.05) is 17.0 Å². The second-order valence-electron chi connectivity index (χ2n) is 5.13. The van der Waals surface area contributed by atoms with E-state index in [-0.39, 0.29) is 0 Å². The largest absolute Gasteiger partial charge is 0.493 e. The van der Waals surface area contributed by atoms with E-state index in [1.165, 1.54) is 0 Å². The van der Waals surface area contributed by atoms with Crippen LogP contribution in [0.4, 0.5) is 0 Å². The average molecular weight is 267 g/mol. The van der Waals surface area contributed by atoms with Gasteiger partial charge in [-0.15, -0.1) is 0 Å². The Bertz CT molecular complexity index is 504. The average Bonchev–Trinajstić information content (AvgIpc) is 2.96. The number of fused-ring (bicyclic) bond motifs is 1. The van der Waals surface area contributed by atoms with Crippen LogP contribution in [0.25, 0.3) is 0 Å². The number of benzene rings is 1. The highest BCUT2D eigenvalue weighted by Gasteiger charge is 2.45. The van der Waals surface area contributed by atoms with Crippen LogP contribution in [0.1, 0.15) is 36.8 Å². The van der Waals surface area contributed by atoms with E-state index in [4.69, 9.17) is 16.3 Å². The third-order valence-corrected chi connectivity index (χ3v) is 4.35. The van der Waals surface area contributed by atoms with E-state index < -0.39 is 11.4 Å². The van der Waals surface area contributed by atoms with Crippen molar-refractivity contribution in [3.05, 3.63) is 28.3 Å². The van der Waals surface area contributed by atoms with Crippen LogP contribution >= 0.6 is 11.6 Å². The first-order valence-corrected chi connectivity index (χ1v) is 6.70. The molecule has 4 heteroatoms. The zero-order valence-electron chi connectivity index (χ0n) is 10.0. The van der Waals surface area contributed by atoms with Crippen LogP contribution in [0.2, 0.25) is 5.02 Å². The van der Waals surface area contributed by atoms with Crippen LogP contribution in [0, 0.1) is 0 Å². The van der Waals surface area contributed by atoms with Gasteiger partial charge in [0.2, 0.25) is 0 Å². The lowest BCUT2D eigenvalue weighted by Gasteiger charge is -2.26. The normalized spacial score (nSPS) is 20.5. The maximum absolute atomic E-state index is 11.7. The molecule has 96 valence electrons. The highest BCUT2D eigenvalue weighted by molar-refractivity contribution is 6.30. The molecule has 0 saturated heterocycles. The summed E-state index contributed by atoms with van der Waals surface area (Å²) in [6, 6.07) is 3.67. The quantitative estimate of drug-likeness (QED) is 0.894. The fourth-order valence-electron chi connectivity index (χ4n) is 3.20. The first-order chi connectivity index (χ1) is 8.63. The van der Waals surface area contributed by atoms with Crippen molar-refractivity contribution in [3.63, 3.8) is 0 Å². The maximum Gasteiger partial charge on any atom is 0.314 e. The molecule has 0 aromatic heterocycles. The minimum atomic E-state index is -0.792. The molecule has 1 heterocycles. The highest BCUT2D eigenvalue weighted by Crippen LogP contribution is 2.48. The van der Waals surface area contributed by atoms with E-state index in [2.05, 4.69) is 0 Å². The van der Waals surface area contributed by atoms with Crippen molar-refractivity contribution in [1.29, 1.82) is 0 Å². The van der Waals surface area contributed by atoms with Gasteiger partial charge in [-0.1, -0.05) is 24.4 Å². The SMILES string of the molecule is O=C(O)C1(c2cc(Cl)cc3c2OCC3)CCCC1. The number of hydrogen-bond donors (Lipinski definition) is 1. The summed E-state index contributed by atoms with van der Waals surface area (Å²) in [7, 11) is 0. The Hall–Kier alpha value is -1.22. The minimum Gasteiger partial charge on any atom is -0.493 e. The molecule has 0 radical (unpaired) electrons. The molecule has 3 rings (SSSR count). The van der Waals surface area contributed by atoms with Gasteiger partial charge in [-0.3, -0.25) is 4.79 Å². The molecule has 0 atom stereocenters. The summed E-state index contributed by atoms with van der Waals surface area (Å²) in [5.74, 6) is 0.0173. The molecule has 1 aromatic rings. The van der Waals surface area contributed by atoms with E-state index in [9.17, 15) is 9.90 Å². The number of carboxylic acids is 1. The van der Waals surface area contributed by atoms with E-state index >= 15 is 0 Å². The van der Waals surface area contributed by atoms with Crippen LogP contribution in [0.3, 0.4) is 0 Å². The van der Waals surface area contributed by atoms with Crippen LogP contribution in [-0.2, 0) is 16.6 Å². The molecule has 1 aliphatic heterocycles. The lowest BCUT2D eigenvalue weighted by Crippen LogP contribution is -2.33. The van der Waals surface area contributed by atoms with Crippen molar-refractivity contribution in [2.45, 2.75) is 37.5 Å². The smallest absolute Gasteiger partial charge is 0.314 e. The van der Waals surface area contributed by atoms with Crippen LogP contribution in [-0.4, -0.2) is 17.7 Å². The van der Waals surface area contributed by atoms with Gasteiger partial charge in [0.05, 0.1) is 12.0 Å². The summed E-state index contributed by atoms with van der Waals surface area (Å²) in [5, 5.41) is 10.3. The number of aliphatic carboxylic acids is 1. The summed E-state index contributed by atoms with van der Waals surface area (Å²) >= 11 is 6.13. The molecular formula is C14H15ClO3. The zero-order valence-corrected chi connectivity index (χ0v) is 10.8. The second kappa shape index (κ2) is 4.16. The molecule has 0 bridgehead atoms.